The number of hydrogen-bond donors (Lipinski definition) is 0. The van der Waals surface area contributed by atoms with Crippen molar-refractivity contribution in [1.82, 2.24) is 0 Å². The van der Waals surface area contributed by atoms with Gasteiger partial charge in [0.1, 0.15) is 0 Å². The van der Waals surface area contributed by atoms with E-state index >= 15 is 0 Å². The van der Waals surface area contributed by atoms with E-state index in [1.807, 2.05) is 0 Å². The normalized spacial score (nSPS) is 16.7. The molecule has 5 radical (unpaired) electrons. The Kier molecular flexibility index (Phi) is 34.6. The molecule has 2 aliphatic heterocycles. The fourth-order valence-electron chi connectivity index (χ4n) is 8.52. The molecule has 2 heterocycles. The van der Waals surface area contributed by atoms with E-state index < -0.39 is 0 Å². The summed E-state index contributed by atoms with van der Waals surface area (Å²) in [5, 5.41) is 15.9. The first-order valence-corrected chi connectivity index (χ1v) is 26.7. The van der Waals surface area contributed by atoms with Crippen molar-refractivity contribution in [2.75, 3.05) is 92.5 Å². The summed E-state index contributed by atoms with van der Waals surface area (Å²) < 4.78 is 36.9. The van der Waals surface area contributed by atoms with E-state index in [2.05, 4.69) is 166 Å². The quantitative estimate of drug-likeness (QED) is 0.113. The van der Waals surface area contributed by atoms with Crippen molar-refractivity contribution in [2.45, 2.75) is 118 Å². The third-order valence-electron chi connectivity index (χ3n) is 12.4. The Labute approximate surface area is 494 Å². The molecule has 0 N–H and O–H groups in total. The molecule has 397 valence electrons. The van der Waals surface area contributed by atoms with E-state index in [0.29, 0.717) is 103 Å². The summed E-state index contributed by atoms with van der Waals surface area (Å²) in [6, 6.07) is 30.7. The molecule has 1 saturated carbocycles. The number of para-hydroxylation sites is 2. The van der Waals surface area contributed by atoms with Crippen molar-refractivity contribution in [2.24, 2.45) is 0 Å². The minimum Gasteiger partial charge on any atom is -0.658 e. The zero-order chi connectivity index (χ0) is 50.5. The molecule has 0 bridgehead atoms. The smallest absolute Gasteiger partial charge is 0.658 e. The summed E-state index contributed by atoms with van der Waals surface area (Å²) in [6.07, 6.45) is 16.6. The van der Waals surface area contributed by atoms with E-state index in [4.69, 9.17) is 43.8 Å². The van der Waals surface area contributed by atoms with Crippen molar-refractivity contribution >= 4 is 44.3 Å². The van der Waals surface area contributed by atoms with Crippen LogP contribution in [0.1, 0.15) is 140 Å². The van der Waals surface area contributed by atoms with Crippen molar-refractivity contribution in [1.29, 1.82) is 0 Å². The Balaban J connectivity index is 0.000000348. The van der Waals surface area contributed by atoms with E-state index in [1.165, 1.54) is 71.6 Å². The Hall–Kier alpha value is -1.92. The van der Waals surface area contributed by atoms with Gasteiger partial charge in [-0.3, -0.25) is 0 Å². The molecule has 0 atom stereocenters. The van der Waals surface area contributed by atoms with Gasteiger partial charge in [-0.25, -0.2) is 0 Å². The van der Waals surface area contributed by atoms with Gasteiger partial charge < -0.3 is 43.8 Å². The van der Waals surface area contributed by atoms with E-state index in [0.717, 1.165) is 46.7 Å². The first-order valence-electron chi connectivity index (χ1n) is 26.7. The second-order valence-electron chi connectivity index (χ2n) is 19.3. The second-order valence-corrected chi connectivity index (χ2v) is 19.3. The maximum absolute atomic E-state index is 5.61. The Morgan fingerprint density at radius 2 is 0.534 bits per heavy atom. The predicted molar refractivity (Wildman–Crippen MR) is 297 cm³/mol. The molecule has 2 saturated heterocycles. The fourth-order valence-corrected chi connectivity index (χ4v) is 8.52. The van der Waals surface area contributed by atoms with Crippen LogP contribution in [0.2, 0.25) is 0 Å². The van der Waals surface area contributed by atoms with Crippen molar-refractivity contribution in [3.8, 4) is 0 Å². The van der Waals surface area contributed by atoms with Gasteiger partial charge >= 0.3 is 51.4 Å². The van der Waals surface area contributed by atoms with Gasteiger partial charge in [0.05, 0.1) is 79.3 Å². The summed E-state index contributed by atoms with van der Waals surface area (Å²) in [7, 11) is 0. The molecular formula is C62H86CoKN2O7-. The SMILES string of the molecule is C1CCOC1.C1COCCOCCOCCOCCOCCO1.CC(C)c1cccc(C(C)C)c1[N-]c1c([N-]c2c(C(C)C)cccc2C(C)C)c2ccccc2c2ccccc12.[CH]1[CH]CC[CH][CH]CC1.[Co].[K+]. The van der Waals surface area contributed by atoms with E-state index in [1.54, 1.807) is 0 Å². The van der Waals surface area contributed by atoms with Crippen LogP contribution in [0.25, 0.3) is 32.2 Å². The van der Waals surface area contributed by atoms with E-state index in [9.17, 15) is 0 Å². The summed E-state index contributed by atoms with van der Waals surface area (Å²) in [4.78, 5) is 0. The molecule has 0 aromatic heterocycles. The number of ether oxygens (including phenoxy) is 7. The average Bonchev–Trinajstić information content (AvgIpc) is 3.96. The number of rotatable bonds is 8. The van der Waals surface area contributed by atoms with Crippen LogP contribution in [0.3, 0.4) is 0 Å². The molecule has 5 aromatic carbocycles. The zero-order valence-electron chi connectivity index (χ0n) is 45.9. The van der Waals surface area contributed by atoms with Gasteiger partial charge in [-0.15, -0.1) is 22.7 Å². The molecular weight excluding hydrogens is 983 g/mol. The number of hydrogen-bond acceptors (Lipinski definition) is 7. The molecule has 3 fully saturated rings. The topological polar surface area (TPSA) is 92.8 Å². The molecule has 3 aliphatic rings. The van der Waals surface area contributed by atoms with Crippen LogP contribution in [0.4, 0.5) is 22.7 Å². The molecule has 9 nitrogen and oxygen atoms in total. The molecule has 0 amide bonds. The summed E-state index contributed by atoms with van der Waals surface area (Å²) in [5.41, 5.74) is 9.20. The molecule has 11 heteroatoms. The molecule has 0 spiro atoms. The summed E-state index contributed by atoms with van der Waals surface area (Å²) in [5.74, 6) is 1.44. The average molecular weight is 1070 g/mol. The van der Waals surface area contributed by atoms with Crippen molar-refractivity contribution in [3.63, 3.8) is 0 Å². The minimum atomic E-state index is 0. The summed E-state index contributed by atoms with van der Waals surface area (Å²) >= 11 is 0. The van der Waals surface area contributed by atoms with Gasteiger partial charge in [0.25, 0.3) is 0 Å². The molecule has 5 aromatic rings. The monoisotopic (exact) mass is 1070 g/mol. The number of nitrogens with zero attached hydrogens (tertiary/aromatic N) is 2. The van der Waals surface area contributed by atoms with Crippen LogP contribution < -0.4 is 51.4 Å². The van der Waals surface area contributed by atoms with Crippen LogP contribution in [0.15, 0.2) is 84.9 Å². The maximum atomic E-state index is 5.61. The zero-order valence-corrected chi connectivity index (χ0v) is 50.1. The van der Waals surface area contributed by atoms with Gasteiger partial charge in [-0.2, -0.15) is 0 Å². The maximum Gasteiger partial charge on any atom is 1.00 e. The van der Waals surface area contributed by atoms with Crippen LogP contribution >= 0.6 is 0 Å². The predicted octanol–water partition coefficient (Wildman–Crippen LogP) is 13.4. The molecule has 1 aliphatic carbocycles. The van der Waals surface area contributed by atoms with Gasteiger partial charge in [-0.05, 0) is 109 Å². The first kappa shape index (κ1) is 65.4. The van der Waals surface area contributed by atoms with Crippen LogP contribution in [0.5, 0.6) is 0 Å². The number of fused-ring (bicyclic) bond motifs is 3. The van der Waals surface area contributed by atoms with Crippen LogP contribution in [0, 0.1) is 25.7 Å². The third-order valence-corrected chi connectivity index (χ3v) is 12.4. The molecule has 0 unspecified atom stereocenters. The van der Waals surface area contributed by atoms with Gasteiger partial charge in [0.15, 0.2) is 0 Å². The Bertz CT molecular complexity index is 1950. The molecule has 8 rings (SSSR count). The summed E-state index contributed by atoms with van der Waals surface area (Å²) in [6.45, 7) is 27.1. The van der Waals surface area contributed by atoms with Gasteiger partial charge in [0.2, 0.25) is 0 Å². The largest absolute Gasteiger partial charge is 1.00 e. The van der Waals surface area contributed by atoms with Gasteiger partial charge in [0, 0.05) is 30.0 Å². The minimum absolute atomic E-state index is 0. The van der Waals surface area contributed by atoms with Crippen LogP contribution in [-0.4, -0.2) is 92.5 Å². The first-order chi connectivity index (χ1) is 34.7. The number of benzene rings is 5. The Morgan fingerprint density at radius 3 is 0.753 bits per heavy atom. The standard InChI is InChI=1S/C38H42N2.C12H24O6.C8H12.C4H8O.Co.K/c1-23(2)27-19-13-20-28(24(3)4)35(27)39-37-33-17-11-9-15-31(33)32-16-10-12-18-34(32)38(37)40-36-29(25(5)6)21-14-22-30(36)26(7)8;1-2-14-5-6-16-9-10-18-12-11-17-8-7-15-4-3-13-1;1-2-4-6-8-7-5-3-1;1-2-4-5-3-1;;/h9-26H,1-8H3;1-12H2;1-2,7-8H,3-6H2;1-4H2;;/q-2;;;;;+1. The van der Waals surface area contributed by atoms with Crippen molar-refractivity contribution < 1.29 is 101 Å². The second kappa shape index (κ2) is 38.6. The van der Waals surface area contributed by atoms with Gasteiger partial charge in [-0.1, -0.05) is 163 Å². The van der Waals surface area contributed by atoms with Crippen molar-refractivity contribution in [3.05, 3.63) is 143 Å². The third kappa shape index (κ3) is 22.9. The van der Waals surface area contributed by atoms with Crippen LogP contribution in [-0.2, 0) is 49.9 Å². The fraction of sp³-hybridized carbons (Fsp3) is 0.516. The molecule has 73 heavy (non-hydrogen) atoms. The van der Waals surface area contributed by atoms with E-state index in [-0.39, 0.29) is 68.2 Å². The Morgan fingerprint density at radius 1 is 0.301 bits per heavy atom.